The number of likely N-dealkylation sites (tertiary alicyclic amines) is 1. The van der Waals surface area contributed by atoms with E-state index < -0.39 is 12.1 Å². The lowest BCUT2D eigenvalue weighted by Gasteiger charge is -2.29. The zero-order valence-corrected chi connectivity index (χ0v) is 31.1. The number of nitrogens with zero attached hydrogens (tertiary/aromatic N) is 3. The van der Waals surface area contributed by atoms with Gasteiger partial charge >= 0.3 is 6.09 Å². The summed E-state index contributed by atoms with van der Waals surface area (Å²) < 4.78 is 4.60. The van der Waals surface area contributed by atoms with Gasteiger partial charge in [-0.2, -0.15) is 0 Å². The first-order chi connectivity index (χ1) is 25.7. The molecule has 1 saturated heterocycles. The van der Waals surface area contributed by atoms with Crippen LogP contribution in [-0.4, -0.2) is 82.1 Å². The molecule has 3 heterocycles. The summed E-state index contributed by atoms with van der Waals surface area (Å²) in [7, 11) is 3.12. The number of amides is 3. The van der Waals surface area contributed by atoms with Crippen LogP contribution in [0.4, 0.5) is 4.79 Å². The number of likely N-dealkylation sites (N-methyl/N-ethyl adjacent to an activating group) is 1. The normalized spacial score (nSPS) is 15.9. The number of benzene rings is 2. The molecule has 0 radical (unpaired) electrons. The summed E-state index contributed by atoms with van der Waals surface area (Å²) >= 11 is 0. The minimum atomic E-state index is -0.715. The first kappa shape index (κ1) is 37.4. The van der Waals surface area contributed by atoms with Gasteiger partial charge in [0.1, 0.15) is 17.7 Å². The molecule has 2 unspecified atom stereocenters. The number of aromatic nitrogens is 4. The molecule has 0 saturated carbocycles. The summed E-state index contributed by atoms with van der Waals surface area (Å²) in [5, 5.41) is 8.60. The summed E-state index contributed by atoms with van der Waals surface area (Å²) in [6.45, 7) is 9.05. The predicted molar refractivity (Wildman–Crippen MR) is 205 cm³/mol. The molecule has 4 aromatic rings. The van der Waals surface area contributed by atoms with Gasteiger partial charge in [0, 0.05) is 41.9 Å². The second-order valence-electron chi connectivity index (χ2n) is 14.1. The molecule has 12 nitrogen and oxygen atoms in total. The Hall–Kier alpha value is -5.41. The van der Waals surface area contributed by atoms with Crippen molar-refractivity contribution in [3.8, 4) is 23.1 Å². The molecule has 3 atom stereocenters. The highest BCUT2D eigenvalue weighted by Gasteiger charge is 2.37. The number of methoxy groups -OCH3 is 1. The van der Waals surface area contributed by atoms with Crippen LogP contribution in [0.3, 0.4) is 0 Å². The van der Waals surface area contributed by atoms with Gasteiger partial charge in [0.15, 0.2) is 0 Å². The SMILES string of the molecule is C=CC[C@H](NC(=O)OC)C(=O)NCCCCc1nc2ccc(C#Cc3ccc4c(c3)CCc3[nH]c(C5CCCN5C(=O)C(NC)C(C)C)nc3-4)cc2[nH]1. The van der Waals surface area contributed by atoms with E-state index in [0.29, 0.717) is 13.0 Å². The number of aryl methyl sites for hydroxylation is 3. The van der Waals surface area contributed by atoms with E-state index >= 15 is 0 Å². The van der Waals surface area contributed by atoms with Gasteiger partial charge in [0.25, 0.3) is 0 Å². The fraction of sp³-hybridized carbons (Fsp3) is 0.439. The van der Waals surface area contributed by atoms with E-state index in [1.165, 1.54) is 12.7 Å². The van der Waals surface area contributed by atoms with E-state index in [1.54, 1.807) is 6.08 Å². The Labute approximate surface area is 311 Å². The molecule has 0 bridgehead atoms. The fourth-order valence-electron chi connectivity index (χ4n) is 7.35. The summed E-state index contributed by atoms with van der Waals surface area (Å²) in [5.41, 5.74) is 8.17. The second kappa shape index (κ2) is 16.9. The standard InChI is InChI=1S/C41H50N8O4/c1-6-10-32(47-41(52)53-5)39(50)43-21-8-7-12-35-44-30-19-16-27(24-33(30)45-35)14-13-26-15-18-29-28(23-26)17-20-31-37(29)48-38(46-31)34-11-9-22-49(34)40(51)36(42-4)25(2)3/h6,15-16,18-19,23-25,32,34,36,42H,1,7-12,17,20-22H2,2-5H3,(H,43,50)(H,44,45)(H,46,48)(H,47,52)/t32-,34?,36?/m0/s1. The molecule has 0 spiro atoms. The van der Waals surface area contributed by atoms with E-state index in [-0.39, 0.29) is 29.8 Å². The summed E-state index contributed by atoms with van der Waals surface area (Å²) in [4.78, 5) is 56.3. The lowest BCUT2D eigenvalue weighted by Crippen LogP contribution is -2.47. The van der Waals surface area contributed by atoms with Crippen LogP contribution >= 0.6 is 0 Å². The van der Waals surface area contributed by atoms with E-state index in [9.17, 15) is 14.4 Å². The molecule has 278 valence electrons. The molecule has 1 fully saturated rings. The zero-order chi connectivity index (χ0) is 37.5. The van der Waals surface area contributed by atoms with Gasteiger partial charge in [0.05, 0.1) is 35.9 Å². The average Bonchev–Trinajstić information content (AvgIpc) is 3.91. The van der Waals surface area contributed by atoms with E-state index in [1.807, 2.05) is 30.1 Å². The number of ether oxygens (including phenoxy) is 1. The Morgan fingerprint density at radius 3 is 2.62 bits per heavy atom. The number of aromatic amines is 2. The highest BCUT2D eigenvalue weighted by Crippen LogP contribution is 2.37. The molecule has 6 rings (SSSR count). The maximum absolute atomic E-state index is 13.4. The van der Waals surface area contributed by atoms with E-state index in [2.05, 4.69) is 81.1 Å². The third kappa shape index (κ3) is 8.63. The van der Waals surface area contributed by atoms with Crippen molar-refractivity contribution < 1.29 is 19.1 Å². The molecule has 2 aromatic carbocycles. The fourth-order valence-corrected chi connectivity index (χ4v) is 7.35. The molecule has 2 aliphatic rings. The van der Waals surface area contributed by atoms with Crippen LogP contribution < -0.4 is 16.0 Å². The van der Waals surface area contributed by atoms with Gasteiger partial charge in [-0.25, -0.2) is 14.8 Å². The van der Waals surface area contributed by atoms with E-state index in [0.717, 1.165) is 102 Å². The Bertz CT molecular complexity index is 2040. The molecule has 1 aliphatic heterocycles. The smallest absolute Gasteiger partial charge is 0.407 e. The minimum absolute atomic E-state index is 0.0287. The van der Waals surface area contributed by atoms with Crippen LogP contribution in [-0.2, 0) is 33.6 Å². The third-order valence-corrected chi connectivity index (χ3v) is 10.1. The predicted octanol–water partition coefficient (Wildman–Crippen LogP) is 5.10. The van der Waals surface area contributed by atoms with Crippen LogP contribution in [0.5, 0.6) is 0 Å². The van der Waals surface area contributed by atoms with Gasteiger partial charge in [-0.05, 0) is 93.8 Å². The number of hydrogen-bond donors (Lipinski definition) is 5. The largest absolute Gasteiger partial charge is 0.453 e. The Morgan fingerprint density at radius 1 is 1.08 bits per heavy atom. The highest BCUT2D eigenvalue weighted by atomic mass is 16.5. The van der Waals surface area contributed by atoms with Crippen LogP contribution in [0, 0.1) is 17.8 Å². The monoisotopic (exact) mass is 718 g/mol. The maximum Gasteiger partial charge on any atom is 0.407 e. The Morgan fingerprint density at radius 2 is 1.87 bits per heavy atom. The minimum Gasteiger partial charge on any atom is -0.453 e. The number of fused-ring (bicyclic) bond motifs is 4. The van der Waals surface area contributed by atoms with Gasteiger partial charge in [-0.15, -0.1) is 6.58 Å². The van der Waals surface area contributed by atoms with Gasteiger partial charge in [0.2, 0.25) is 11.8 Å². The number of H-pyrrole nitrogens is 2. The van der Waals surface area contributed by atoms with Crippen molar-refractivity contribution in [2.45, 2.75) is 83.3 Å². The lowest BCUT2D eigenvalue weighted by atomic mass is 9.91. The Balaban J connectivity index is 1.06. The first-order valence-corrected chi connectivity index (χ1v) is 18.6. The molecule has 12 heteroatoms. The molecule has 2 aromatic heterocycles. The van der Waals surface area contributed by atoms with E-state index in [4.69, 9.17) is 9.97 Å². The number of hydrogen-bond acceptors (Lipinski definition) is 7. The second-order valence-corrected chi connectivity index (χ2v) is 14.1. The van der Waals surface area contributed by atoms with Crippen LogP contribution in [0.1, 0.15) is 86.0 Å². The van der Waals surface area contributed by atoms with Crippen LogP contribution in [0.15, 0.2) is 49.1 Å². The maximum atomic E-state index is 13.4. The molecular weight excluding hydrogens is 669 g/mol. The van der Waals surface area contributed by atoms with Crippen molar-refractivity contribution in [2.75, 3.05) is 27.2 Å². The quantitative estimate of drug-likeness (QED) is 0.0732. The number of nitrogens with one attached hydrogen (secondary N) is 5. The molecule has 53 heavy (non-hydrogen) atoms. The van der Waals surface area contributed by atoms with Gasteiger partial charge in [-0.3, -0.25) is 9.59 Å². The van der Waals surface area contributed by atoms with Crippen molar-refractivity contribution in [3.05, 3.63) is 83.1 Å². The average molecular weight is 719 g/mol. The summed E-state index contributed by atoms with van der Waals surface area (Å²) in [6, 6.07) is 11.4. The molecular formula is C41H50N8O4. The molecule has 5 N–H and O–H groups in total. The van der Waals surface area contributed by atoms with Crippen LogP contribution in [0.2, 0.25) is 0 Å². The third-order valence-electron chi connectivity index (χ3n) is 10.1. The zero-order valence-electron chi connectivity index (χ0n) is 31.1. The number of unbranched alkanes of at least 4 members (excludes halogenated alkanes) is 1. The molecule has 1 aliphatic carbocycles. The summed E-state index contributed by atoms with van der Waals surface area (Å²) in [5.74, 6) is 8.55. The summed E-state index contributed by atoms with van der Waals surface area (Å²) in [6.07, 6.45) is 7.24. The first-order valence-electron chi connectivity index (χ1n) is 18.6. The van der Waals surface area contributed by atoms with Crippen molar-refractivity contribution in [2.24, 2.45) is 5.92 Å². The van der Waals surface area contributed by atoms with Crippen molar-refractivity contribution in [3.63, 3.8) is 0 Å². The number of carbonyl (C=O) groups excluding carboxylic acids is 3. The van der Waals surface area contributed by atoms with Crippen molar-refractivity contribution in [1.29, 1.82) is 0 Å². The van der Waals surface area contributed by atoms with Crippen molar-refractivity contribution in [1.82, 2.24) is 40.8 Å². The molecule has 3 amide bonds. The van der Waals surface area contributed by atoms with Crippen LogP contribution in [0.25, 0.3) is 22.3 Å². The number of rotatable bonds is 13. The van der Waals surface area contributed by atoms with Crippen molar-refractivity contribution >= 4 is 28.9 Å². The topological polar surface area (TPSA) is 157 Å². The Kier molecular flexibility index (Phi) is 11.9. The number of alkyl carbamates (subject to hydrolysis) is 1. The highest BCUT2D eigenvalue weighted by molar-refractivity contribution is 5.86. The van der Waals surface area contributed by atoms with Gasteiger partial charge < -0.3 is 35.6 Å². The lowest BCUT2D eigenvalue weighted by molar-refractivity contribution is -0.135. The number of imidazole rings is 2. The number of carbonyl (C=O) groups is 3. The van der Waals surface area contributed by atoms with Gasteiger partial charge in [-0.1, -0.05) is 37.8 Å².